The van der Waals surface area contributed by atoms with E-state index in [1.54, 1.807) is 17.7 Å². The highest BCUT2D eigenvalue weighted by atomic mass is 32.1. The second-order valence-corrected chi connectivity index (χ2v) is 7.10. The quantitative estimate of drug-likeness (QED) is 0.933. The third-order valence-corrected chi connectivity index (χ3v) is 5.20. The normalized spacial score (nSPS) is 21.6. The summed E-state index contributed by atoms with van der Waals surface area (Å²) < 4.78 is 7.79. The van der Waals surface area contributed by atoms with Gasteiger partial charge in [-0.25, -0.2) is 9.97 Å². The Bertz CT molecular complexity index is 679. The summed E-state index contributed by atoms with van der Waals surface area (Å²) in [6.07, 6.45) is 5.14. The Morgan fingerprint density at radius 1 is 1.52 bits per heavy atom. The number of aromatic nitrogens is 3. The maximum Gasteiger partial charge on any atom is 0.270 e. The third-order valence-electron chi connectivity index (χ3n) is 4.05. The molecule has 0 aromatic carbocycles. The zero-order valence-electron chi connectivity index (χ0n) is 13.7. The Kier molecular flexibility index (Phi) is 4.77. The van der Waals surface area contributed by atoms with Crippen molar-refractivity contribution in [2.75, 3.05) is 6.61 Å². The molecule has 2 aromatic rings. The van der Waals surface area contributed by atoms with Crippen LogP contribution in [0.3, 0.4) is 0 Å². The van der Waals surface area contributed by atoms with Crippen LogP contribution in [0.25, 0.3) is 0 Å². The number of thiazole rings is 1. The molecular formula is C16H22N4O2S. The van der Waals surface area contributed by atoms with Gasteiger partial charge in [-0.05, 0) is 12.8 Å². The predicted octanol–water partition coefficient (Wildman–Crippen LogP) is 2.65. The molecule has 1 aliphatic heterocycles. The lowest BCUT2D eigenvalue weighted by Gasteiger charge is -2.30. The number of nitrogens with one attached hydrogen (secondary N) is 1. The van der Waals surface area contributed by atoms with Crippen molar-refractivity contribution in [2.24, 2.45) is 7.05 Å². The highest BCUT2D eigenvalue weighted by Crippen LogP contribution is 2.28. The summed E-state index contributed by atoms with van der Waals surface area (Å²) in [5.41, 5.74) is 1.56. The number of carbonyl (C=O) groups excluding carboxylic acids is 1. The van der Waals surface area contributed by atoms with E-state index in [2.05, 4.69) is 29.1 Å². The number of carbonyl (C=O) groups is 1. The molecule has 1 amide bonds. The molecule has 2 aromatic heterocycles. The molecule has 1 fully saturated rings. The van der Waals surface area contributed by atoms with Crippen LogP contribution < -0.4 is 5.32 Å². The molecule has 6 nitrogen and oxygen atoms in total. The van der Waals surface area contributed by atoms with Crippen molar-refractivity contribution in [1.29, 1.82) is 0 Å². The molecule has 2 atom stereocenters. The minimum Gasteiger partial charge on any atom is -0.372 e. The second kappa shape index (κ2) is 6.80. The summed E-state index contributed by atoms with van der Waals surface area (Å²) in [5.74, 6) is 0.252. The molecular weight excluding hydrogens is 312 g/mol. The summed E-state index contributed by atoms with van der Waals surface area (Å²) >= 11 is 1.54. The number of nitrogens with zero attached hydrogens (tertiary/aromatic N) is 3. The van der Waals surface area contributed by atoms with E-state index in [9.17, 15) is 4.79 Å². The van der Waals surface area contributed by atoms with Crippen molar-refractivity contribution in [2.45, 2.75) is 44.8 Å². The van der Waals surface area contributed by atoms with Gasteiger partial charge in [-0.3, -0.25) is 4.79 Å². The largest absolute Gasteiger partial charge is 0.372 e. The molecule has 0 spiro atoms. The average molecular weight is 334 g/mol. The Morgan fingerprint density at radius 2 is 2.35 bits per heavy atom. The van der Waals surface area contributed by atoms with Gasteiger partial charge in [0.15, 0.2) is 0 Å². The first-order chi connectivity index (χ1) is 11.0. The highest BCUT2D eigenvalue weighted by molar-refractivity contribution is 7.09. The Morgan fingerprint density at radius 3 is 3.00 bits per heavy atom. The Hall–Kier alpha value is -1.73. The van der Waals surface area contributed by atoms with Crippen LogP contribution in [0.15, 0.2) is 17.9 Å². The van der Waals surface area contributed by atoms with Crippen LogP contribution in [0.4, 0.5) is 0 Å². The van der Waals surface area contributed by atoms with Crippen LogP contribution in [0.2, 0.25) is 0 Å². The Labute approximate surface area is 139 Å². The molecule has 0 radical (unpaired) electrons. The minimum absolute atomic E-state index is 0.0248. The molecule has 7 heteroatoms. The summed E-state index contributed by atoms with van der Waals surface area (Å²) in [6, 6.07) is 0.0975. The minimum atomic E-state index is -0.0937. The van der Waals surface area contributed by atoms with E-state index in [0.717, 1.165) is 23.5 Å². The average Bonchev–Trinajstić information content (AvgIpc) is 3.16. The predicted molar refractivity (Wildman–Crippen MR) is 88.6 cm³/mol. The third kappa shape index (κ3) is 3.61. The summed E-state index contributed by atoms with van der Waals surface area (Å²) in [5, 5.41) is 5.93. The van der Waals surface area contributed by atoms with Crippen molar-refractivity contribution in [3.63, 3.8) is 0 Å². The van der Waals surface area contributed by atoms with Crippen LogP contribution >= 0.6 is 11.3 Å². The lowest BCUT2D eigenvalue weighted by Crippen LogP contribution is -2.40. The Balaban J connectivity index is 1.63. The zero-order valence-corrected chi connectivity index (χ0v) is 14.5. The van der Waals surface area contributed by atoms with Gasteiger partial charge in [0.25, 0.3) is 5.91 Å². The lowest BCUT2D eigenvalue weighted by atomic mass is 10.0. The number of amides is 1. The molecule has 3 heterocycles. The van der Waals surface area contributed by atoms with Gasteiger partial charge in [-0.1, -0.05) is 13.8 Å². The summed E-state index contributed by atoms with van der Waals surface area (Å²) in [7, 11) is 1.95. The zero-order chi connectivity index (χ0) is 16.4. The molecule has 124 valence electrons. The number of rotatable bonds is 4. The van der Waals surface area contributed by atoms with E-state index in [4.69, 9.17) is 4.74 Å². The summed E-state index contributed by atoms with van der Waals surface area (Å²) in [4.78, 5) is 20.9. The molecule has 3 rings (SSSR count). The molecule has 1 N–H and O–H groups in total. The molecule has 0 unspecified atom stereocenters. The van der Waals surface area contributed by atoms with E-state index in [-0.39, 0.29) is 18.1 Å². The maximum atomic E-state index is 12.4. The maximum absolute atomic E-state index is 12.4. The molecule has 0 aliphatic carbocycles. The van der Waals surface area contributed by atoms with Gasteiger partial charge in [-0.2, -0.15) is 0 Å². The van der Waals surface area contributed by atoms with Gasteiger partial charge in [0.05, 0.1) is 23.2 Å². The van der Waals surface area contributed by atoms with E-state index < -0.39 is 0 Å². The van der Waals surface area contributed by atoms with Crippen LogP contribution in [-0.2, 0) is 11.8 Å². The number of hydrogen-bond donors (Lipinski definition) is 1. The van der Waals surface area contributed by atoms with Crippen molar-refractivity contribution < 1.29 is 9.53 Å². The fourth-order valence-corrected chi connectivity index (χ4v) is 3.54. The number of hydrogen-bond acceptors (Lipinski definition) is 5. The monoisotopic (exact) mass is 334 g/mol. The van der Waals surface area contributed by atoms with E-state index in [1.165, 1.54) is 0 Å². The van der Waals surface area contributed by atoms with Gasteiger partial charge in [0.2, 0.25) is 0 Å². The van der Waals surface area contributed by atoms with Gasteiger partial charge in [0.1, 0.15) is 11.8 Å². The van der Waals surface area contributed by atoms with E-state index in [1.807, 2.05) is 23.2 Å². The van der Waals surface area contributed by atoms with Crippen LogP contribution in [0.5, 0.6) is 0 Å². The summed E-state index contributed by atoms with van der Waals surface area (Å²) in [6.45, 7) is 4.80. The first-order valence-electron chi connectivity index (χ1n) is 7.88. The van der Waals surface area contributed by atoms with Crippen molar-refractivity contribution in [3.8, 4) is 0 Å². The second-order valence-electron chi connectivity index (χ2n) is 6.21. The first-order valence-corrected chi connectivity index (χ1v) is 8.76. The van der Waals surface area contributed by atoms with Crippen LogP contribution in [-0.4, -0.2) is 33.1 Å². The van der Waals surface area contributed by atoms with Crippen molar-refractivity contribution in [1.82, 2.24) is 19.9 Å². The number of ether oxygens (including phenoxy) is 1. The van der Waals surface area contributed by atoms with Crippen molar-refractivity contribution >= 4 is 17.2 Å². The smallest absolute Gasteiger partial charge is 0.270 e. The van der Waals surface area contributed by atoms with Gasteiger partial charge in [-0.15, -0.1) is 11.3 Å². The topological polar surface area (TPSA) is 69.0 Å². The SMILES string of the molecule is CC(C)c1nc(C(=O)N[C@H]2CCO[C@@H](c3cncn3C)C2)cs1. The molecule has 23 heavy (non-hydrogen) atoms. The molecule has 1 saturated heterocycles. The molecule has 1 aliphatic rings. The number of imidazole rings is 1. The van der Waals surface area contributed by atoms with Crippen LogP contribution in [0, 0.1) is 0 Å². The van der Waals surface area contributed by atoms with Gasteiger partial charge < -0.3 is 14.6 Å². The molecule has 0 saturated carbocycles. The van der Waals surface area contributed by atoms with Crippen LogP contribution in [0.1, 0.15) is 59.9 Å². The van der Waals surface area contributed by atoms with Crippen molar-refractivity contribution in [3.05, 3.63) is 34.3 Å². The fourth-order valence-electron chi connectivity index (χ4n) is 2.73. The number of aryl methyl sites for hydroxylation is 1. The standard InChI is InChI=1S/C16H22N4O2S/c1-10(2)16-19-12(8-23-16)15(21)18-11-4-5-22-14(6-11)13-7-17-9-20(13)3/h7-11,14H,4-6H2,1-3H3,(H,18,21)/t11-,14+/m0/s1. The lowest BCUT2D eigenvalue weighted by molar-refractivity contribution is -0.00304. The molecule has 0 bridgehead atoms. The van der Waals surface area contributed by atoms with E-state index in [0.29, 0.717) is 18.2 Å². The van der Waals surface area contributed by atoms with Gasteiger partial charge in [0, 0.05) is 31.0 Å². The van der Waals surface area contributed by atoms with Gasteiger partial charge >= 0.3 is 0 Å². The fraction of sp³-hybridized carbons (Fsp3) is 0.562. The van der Waals surface area contributed by atoms with E-state index >= 15 is 0 Å². The first kappa shape index (κ1) is 16.1. The highest BCUT2D eigenvalue weighted by Gasteiger charge is 2.27.